The molecule has 1 fully saturated rings. The lowest BCUT2D eigenvalue weighted by molar-refractivity contribution is -0.0500. The van der Waals surface area contributed by atoms with Gasteiger partial charge in [-0.1, -0.05) is 24.3 Å². The SMILES string of the molecule is Cl.O=S(=O)(Oc1ccc(N2CCNCC2CCC2CCc3ccccc32)cc1)C(F)(F)F. The summed E-state index contributed by atoms with van der Waals surface area (Å²) in [5.41, 5.74) is -1.72. The molecule has 2 aliphatic rings. The fraction of sp³-hybridized carbons (Fsp3) is 0.455. The number of aryl methyl sites for hydroxylation is 1. The van der Waals surface area contributed by atoms with Crippen molar-refractivity contribution in [2.24, 2.45) is 0 Å². The number of piperazine rings is 1. The van der Waals surface area contributed by atoms with Gasteiger partial charge in [-0.15, -0.1) is 12.4 Å². The Morgan fingerprint density at radius 2 is 1.78 bits per heavy atom. The first-order chi connectivity index (χ1) is 14.7. The van der Waals surface area contributed by atoms with Crippen LogP contribution in [-0.2, 0) is 16.5 Å². The Morgan fingerprint density at radius 1 is 1.06 bits per heavy atom. The van der Waals surface area contributed by atoms with E-state index in [-0.39, 0.29) is 24.2 Å². The first-order valence-corrected chi connectivity index (χ1v) is 11.8. The van der Waals surface area contributed by atoms with E-state index in [0.717, 1.165) is 44.6 Å². The topological polar surface area (TPSA) is 58.6 Å². The number of hydrogen-bond acceptors (Lipinski definition) is 5. The Hall–Kier alpha value is -1.97. The van der Waals surface area contributed by atoms with E-state index in [1.165, 1.54) is 29.7 Å². The third kappa shape index (κ3) is 5.32. The van der Waals surface area contributed by atoms with Crippen molar-refractivity contribution in [3.63, 3.8) is 0 Å². The van der Waals surface area contributed by atoms with E-state index in [4.69, 9.17) is 0 Å². The van der Waals surface area contributed by atoms with Crippen LogP contribution in [0.25, 0.3) is 0 Å². The van der Waals surface area contributed by atoms with Gasteiger partial charge in [-0.2, -0.15) is 21.6 Å². The zero-order chi connectivity index (χ0) is 22.1. The van der Waals surface area contributed by atoms with Gasteiger partial charge in [0.2, 0.25) is 0 Å². The van der Waals surface area contributed by atoms with Crippen molar-refractivity contribution in [3.8, 4) is 5.75 Å². The van der Waals surface area contributed by atoms with Gasteiger partial charge in [-0.3, -0.25) is 0 Å². The summed E-state index contributed by atoms with van der Waals surface area (Å²) in [7, 11) is -5.67. The van der Waals surface area contributed by atoms with E-state index in [2.05, 4.69) is 38.7 Å². The molecule has 5 nitrogen and oxygen atoms in total. The minimum Gasteiger partial charge on any atom is -0.376 e. The summed E-state index contributed by atoms with van der Waals surface area (Å²) in [5.74, 6) is 0.207. The molecule has 0 aromatic heterocycles. The van der Waals surface area contributed by atoms with Crippen LogP contribution in [-0.4, -0.2) is 39.6 Å². The van der Waals surface area contributed by atoms with Gasteiger partial charge in [0.15, 0.2) is 0 Å². The van der Waals surface area contributed by atoms with Crippen LogP contribution in [0.1, 0.15) is 36.3 Å². The van der Waals surface area contributed by atoms with Gasteiger partial charge in [-0.05, 0) is 67.0 Å². The van der Waals surface area contributed by atoms with Crippen LogP contribution in [0.4, 0.5) is 18.9 Å². The highest BCUT2D eigenvalue weighted by Gasteiger charge is 2.48. The third-order valence-corrected chi connectivity index (χ3v) is 7.09. The van der Waals surface area contributed by atoms with Crippen LogP contribution in [0.2, 0.25) is 0 Å². The number of rotatable bonds is 6. The first kappa shape index (κ1) is 24.7. The molecule has 1 aliphatic heterocycles. The standard InChI is InChI=1S/C22H25F3N2O3S.ClH/c23-22(24,25)31(28,29)30-20-11-9-18(10-12-20)27-14-13-26-15-19(27)8-7-17-6-5-16-3-1-2-4-21(16)17;/h1-4,9-12,17,19,26H,5-8,13-15H2;1H. The molecule has 176 valence electrons. The number of nitrogens with zero attached hydrogens (tertiary/aromatic N) is 1. The molecule has 2 atom stereocenters. The van der Waals surface area contributed by atoms with Crippen molar-refractivity contribution in [1.82, 2.24) is 5.32 Å². The van der Waals surface area contributed by atoms with Gasteiger partial charge in [-0.25, -0.2) is 0 Å². The van der Waals surface area contributed by atoms with Crippen molar-refractivity contribution in [1.29, 1.82) is 0 Å². The molecular weight excluding hydrogens is 465 g/mol. The normalized spacial score (nSPS) is 21.0. The molecule has 0 bridgehead atoms. The molecule has 2 unspecified atom stereocenters. The lowest BCUT2D eigenvalue weighted by Gasteiger charge is -2.38. The molecule has 0 radical (unpaired) electrons. The minimum absolute atomic E-state index is 0. The zero-order valence-electron chi connectivity index (χ0n) is 17.3. The number of nitrogens with one attached hydrogen (secondary N) is 1. The average molecular weight is 491 g/mol. The number of halogens is 4. The van der Waals surface area contributed by atoms with E-state index in [1.807, 2.05) is 0 Å². The lowest BCUT2D eigenvalue weighted by atomic mass is 9.93. The Morgan fingerprint density at radius 3 is 2.50 bits per heavy atom. The summed E-state index contributed by atoms with van der Waals surface area (Å²) < 4.78 is 64.1. The largest absolute Gasteiger partial charge is 0.534 e. The molecule has 1 aliphatic carbocycles. The molecule has 2 aromatic carbocycles. The Labute approximate surface area is 192 Å². The Bertz CT molecular complexity index is 1020. The van der Waals surface area contributed by atoms with Crippen LogP contribution >= 0.6 is 12.4 Å². The molecule has 1 heterocycles. The maximum absolute atomic E-state index is 12.5. The van der Waals surface area contributed by atoms with E-state index >= 15 is 0 Å². The molecule has 4 rings (SSSR count). The van der Waals surface area contributed by atoms with Gasteiger partial charge in [0.05, 0.1) is 0 Å². The highest BCUT2D eigenvalue weighted by Crippen LogP contribution is 2.37. The fourth-order valence-corrected chi connectivity index (χ4v) is 5.02. The number of anilines is 1. The number of alkyl halides is 3. The summed E-state index contributed by atoms with van der Waals surface area (Å²) in [5, 5.41) is 3.42. The summed E-state index contributed by atoms with van der Waals surface area (Å²) in [4.78, 5) is 2.24. The second-order valence-electron chi connectivity index (χ2n) is 8.04. The van der Waals surface area contributed by atoms with Crippen molar-refractivity contribution < 1.29 is 25.8 Å². The molecule has 0 spiro atoms. The van der Waals surface area contributed by atoms with Gasteiger partial charge in [0, 0.05) is 31.4 Å². The number of hydrogen-bond donors (Lipinski definition) is 1. The number of fused-ring (bicyclic) bond motifs is 1. The van der Waals surface area contributed by atoms with Crippen LogP contribution in [0.5, 0.6) is 5.75 Å². The summed E-state index contributed by atoms with van der Waals surface area (Å²) in [6.07, 6.45) is 4.35. The molecule has 2 aromatic rings. The fourth-order valence-electron chi connectivity index (χ4n) is 4.56. The zero-order valence-corrected chi connectivity index (χ0v) is 19.0. The van der Waals surface area contributed by atoms with Gasteiger partial charge in [0.25, 0.3) is 0 Å². The van der Waals surface area contributed by atoms with Crippen molar-refractivity contribution >= 4 is 28.2 Å². The van der Waals surface area contributed by atoms with E-state index < -0.39 is 15.6 Å². The minimum atomic E-state index is -5.67. The van der Waals surface area contributed by atoms with Crippen LogP contribution in [0.15, 0.2) is 48.5 Å². The maximum Gasteiger partial charge on any atom is 0.534 e. The smallest absolute Gasteiger partial charge is 0.376 e. The molecule has 0 amide bonds. The van der Waals surface area contributed by atoms with Crippen LogP contribution in [0.3, 0.4) is 0 Å². The van der Waals surface area contributed by atoms with Crippen LogP contribution in [0, 0.1) is 0 Å². The summed E-state index contributed by atoms with van der Waals surface area (Å²) in [6, 6.07) is 14.6. The monoisotopic (exact) mass is 490 g/mol. The van der Waals surface area contributed by atoms with E-state index in [1.54, 1.807) is 12.1 Å². The second kappa shape index (κ2) is 9.89. The second-order valence-corrected chi connectivity index (χ2v) is 9.58. The Balaban J connectivity index is 0.00000289. The lowest BCUT2D eigenvalue weighted by Crippen LogP contribution is -2.51. The molecule has 10 heteroatoms. The molecule has 0 saturated carbocycles. The van der Waals surface area contributed by atoms with Crippen molar-refractivity contribution in [2.45, 2.75) is 43.2 Å². The van der Waals surface area contributed by atoms with E-state index in [9.17, 15) is 21.6 Å². The van der Waals surface area contributed by atoms with Gasteiger partial charge >= 0.3 is 15.6 Å². The predicted molar refractivity (Wildman–Crippen MR) is 120 cm³/mol. The highest BCUT2D eigenvalue weighted by atomic mass is 35.5. The quantitative estimate of drug-likeness (QED) is 0.473. The third-order valence-electron chi connectivity index (χ3n) is 6.11. The van der Waals surface area contributed by atoms with Gasteiger partial charge < -0.3 is 14.4 Å². The summed E-state index contributed by atoms with van der Waals surface area (Å²) in [6.45, 7) is 2.41. The van der Waals surface area contributed by atoms with Crippen molar-refractivity contribution in [3.05, 3.63) is 59.7 Å². The van der Waals surface area contributed by atoms with Crippen molar-refractivity contribution in [2.75, 3.05) is 24.5 Å². The summed E-state index contributed by atoms with van der Waals surface area (Å²) >= 11 is 0. The maximum atomic E-state index is 12.5. The highest BCUT2D eigenvalue weighted by molar-refractivity contribution is 7.88. The number of benzene rings is 2. The van der Waals surface area contributed by atoms with Crippen LogP contribution < -0.4 is 14.4 Å². The first-order valence-electron chi connectivity index (χ1n) is 10.4. The molecule has 1 N–H and O–H groups in total. The molecular formula is C22H26ClF3N2O3S. The predicted octanol–water partition coefficient (Wildman–Crippen LogP) is 4.63. The average Bonchev–Trinajstić information content (AvgIpc) is 3.15. The molecule has 32 heavy (non-hydrogen) atoms. The molecule has 1 saturated heterocycles. The van der Waals surface area contributed by atoms with E-state index in [0.29, 0.717) is 5.92 Å². The van der Waals surface area contributed by atoms with Gasteiger partial charge in [0.1, 0.15) is 5.75 Å². The Kier molecular flexibility index (Phi) is 7.62.